The van der Waals surface area contributed by atoms with Gasteiger partial charge in [0.05, 0.1) is 49.7 Å². The number of amides is 3. The highest BCUT2D eigenvalue weighted by molar-refractivity contribution is 5.87. The van der Waals surface area contributed by atoms with Gasteiger partial charge in [-0.1, -0.05) is 6.07 Å². The van der Waals surface area contributed by atoms with Crippen LogP contribution in [0, 0.1) is 17.3 Å². The van der Waals surface area contributed by atoms with Gasteiger partial charge in [0.1, 0.15) is 11.7 Å². The number of methoxy groups -OCH3 is 1. The number of likely N-dealkylation sites (N-methyl/N-ethyl adjacent to an activating group) is 2. The van der Waals surface area contributed by atoms with Crippen LogP contribution in [0.5, 0.6) is 11.5 Å². The fourth-order valence-electron chi connectivity index (χ4n) is 11.1. The number of hydrogen-bond acceptors (Lipinski definition) is 8. The van der Waals surface area contributed by atoms with E-state index >= 15 is 0 Å². The number of quaternary nitrogens is 1. The first-order chi connectivity index (χ1) is 22.1. The second-order valence-electron chi connectivity index (χ2n) is 16.3. The van der Waals surface area contributed by atoms with E-state index in [0.29, 0.717) is 17.5 Å². The molecule has 3 amide bonds. The molecule has 12 nitrogen and oxygen atoms in total. The molecule has 1 saturated heterocycles. The molecule has 12 heteroatoms. The van der Waals surface area contributed by atoms with Crippen molar-refractivity contribution in [2.24, 2.45) is 28.7 Å². The second kappa shape index (κ2) is 10.8. The highest BCUT2D eigenvalue weighted by Crippen LogP contribution is 2.78. The van der Waals surface area contributed by atoms with E-state index in [0.717, 1.165) is 49.0 Å². The lowest BCUT2D eigenvalue weighted by Crippen LogP contribution is -2.84. The third-order valence-electron chi connectivity index (χ3n) is 13.2. The van der Waals surface area contributed by atoms with Crippen molar-refractivity contribution in [1.29, 1.82) is 0 Å². The Morgan fingerprint density at radius 1 is 1.23 bits per heavy atom. The Balaban J connectivity index is 1.21. The number of benzene rings is 1. The quantitative estimate of drug-likeness (QED) is 0.261. The van der Waals surface area contributed by atoms with Gasteiger partial charge in [0.25, 0.3) is 0 Å². The van der Waals surface area contributed by atoms with Gasteiger partial charge in [-0.05, 0) is 57.6 Å². The van der Waals surface area contributed by atoms with Crippen molar-refractivity contribution in [3.63, 3.8) is 0 Å². The van der Waals surface area contributed by atoms with Gasteiger partial charge in [0.15, 0.2) is 11.5 Å². The molecule has 0 radical (unpaired) electrons. The van der Waals surface area contributed by atoms with E-state index < -0.39 is 35.2 Å². The number of nitrogens with zero attached hydrogens (tertiary/aromatic N) is 2. The zero-order valence-electron chi connectivity index (χ0n) is 28.5. The summed E-state index contributed by atoms with van der Waals surface area (Å²) in [5.74, 6) is 0.543. The van der Waals surface area contributed by atoms with Crippen molar-refractivity contribution in [2.45, 2.75) is 100 Å². The van der Waals surface area contributed by atoms with Crippen LogP contribution in [0.2, 0.25) is 0 Å². The molecule has 6 N–H and O–H groups in total. The van der Waals surface area contributed by atoms with Crippen molar-refractivity contribution in [2.75, 3.05) is 47.4 Å². The zero-order valence-corrected chi connectivity index (χ0v) is 28.5. The number of rotatable bonds is 11. The summed E-state index contributed by atoms with van der Waals surface area (Å²) in [6, 6.07) is 3.37. The Kier molecular flexibility index (Phi) is 7.48. The summed E-state index contributed by atoms with van der Waals surface area (Å²) in [6.45, 7) is 6.41. The predicted molar refractivity (Wildman–Crippen MR) is 173 cm³/mol. The molecule has 2 spiro atoms. The molecule has 4 bridgehead atoms. The number of primary amides is 1. The topological polar surface area (TPSA) is 166 Å². The molecule has 5 aliphatic carbocycles. The Labute approximate surface area is 277 Å². The average Bonchev–Trinajstić information content (AvgIpc) is 3.74. The molecular formula is C35H52N5O7+. The summed E-state index contributed by atoms with van der Waals surface area (Å²) >= 11 is 0. The number of likely N-dealkylation sites (tertiary alicyclic amines) is 1. The van der Waals surface area contributed by atoms with Crippen LogP contribution in [0.1, 0.15) is 69.9 Å². The molecule has 1 aromatic rings. The van der Waals surface area contributed by atoms with Crippen molar-refractivity contribution < 1.29 is 38.2 Å². The fourth-order valence-corrected chi connectivity index (χ4v) is 11.1. The molecule has 1 aromatic carbocycles. The minimum atomic E-state index is -1.04. The first-order valence-electron chi connectivity index (χ1n) is 17.3. The minimum Gasteiger partial charge on any atom is -0.482 e. The molecule has 2 aliphatic heterocycles. The van der Waals surface area contributed by atoms with Crippen LogP contribution in [0.15, 0.2) is 12.1 Å². The van der Waals surface area contributed by atoms with Crippen LogP contribution >= 0.6 is 0 Å². The van der Waals surface area contributed by atoms with Gasteiger partial charge in [-0.25, -0.2) is 4.79 Å². The molecule has 47 heavy (non-hydrogen) atoms. The van der Waals surface area contributed by atoms with Gasteiger partial charge in [-0.3, -0.25) is 9.59 Å². The van der Waals surface area contributed by atoms with Crippen LogP contribution in [0.4, 0.5) is 4.79 Å². The molecule has 1 unspecified atom stereocenters. The summed E-state index contributed by atoms with van der Waals surface area (Å²) in [7, 11) is 5.85. The Hall–Kier alpha value is -2.93. The molecule has 4 saturated carbocycles. The Morgan fingerprint density at radius 2 is 1.98 bits per heavy atom. The van der Waals surface area contributed by atoms with Crippen LogP contribution in [-0.4, -0.2) is 109 Å². The first-order valence-corrected chi connectivity index (χ1v) is 17.3. The summed E-state index contributed by atoms with van der Waals surface area (Å²) in [5.41, 5.74) is 11.3. The van der Waals surface area contributed by atoms with Gasteiger partial charge in [0, 0.05) is 62.9 Å². The number of nitrogens with one attached hydrogen (secondary N) is 1. The van der Waals surface area contributed by atoms with Crippen molar-refractivity contribution in [3.05, 3.63) is 23.3 Å². The van der Waals surface area contributed by atoms with Crippen LogP contribution in [0.25, 0.3) is 0 Å². The van der Waals surface area contributed by atoms with Crippen LogP contribution in [-0.2, 0) is 26.2 Å². The van der Waals surface area contributed by atoms with Gasteiger partial charge < -0.3 is 45.5 Å². The second-order valence-corrected chi connectivity index (χ2v) is 16.3. The molecule has 0 aromatic heterocycles. The predicted octanol–water partition coefficient (Wildman–Crippen LogP) is 1.58. The first kappa shape index (κ1) is 32.6. The summed E-state index contributed by atoms with van der Waals surface area (Å²) in [5, 5.41) is 14.3. The van der Waals surface area contributed by atoms with Gasteiger partial charge in [-0.15, -0.1) is 0 Å². The normalized spacial score (nSPS) is 36.6. The maximum absolute atomic E-state index is 13.4. The monoisotopic (exact) mass is 654 g/mol. The van der Waals surface area contributed by atoms with E-state index in [4.69, 9.17) is 25.7 Å². The molecule has 5 fully saturated rings. The standard InChI is InChI=1S/C35H51N5O7/c1-32(2,44)24-18-33-10-11-35(24,45-5)30-34(33)12-15-40(4,19-20-6-7-20)25(33)16-21-8-9-23(28(47-30)27(21)34)46-31(43)39(3)14-13-38-29(42)22(36)17-26(37)41/h8-9,20,22,24-25,30,44H,6-7,10-19,36H2,1-5H3,(H2-,37,38,41,42)/p+1/t22-,24+,25-,30+,33+,34-,35+,40?/m0/s1. The van der Waals surface area contributed by atoms with E-state index in [2.05, 4.69) is 18.4 Å². The SMILES string of the molecule is CO[C@]12CC[C@@]3(C[C@@H]1C(C)(C)O)[C@@H]1Cc4ccc(OC(=O)N(C)CCNC(=O)[C@@H](N)CC(N)=O)c5c4[C@@]3(CC[N+]1(C)CC1CC1)[C@H]2O5. The number of carbonyl (C=O) groups excluding carboxylic acids is 3. The van der Waals surface area contributed by atoms with Crippen molar-refractivity contribution >= 4 is 17.9 Å². The lowest BCUT2D eigenvalue weighted by atomic mass is 9.33. The third-order valence-corrected chi connectivity index (χ3v) is 13.2. The molecule has 258 valence electrons. The van der Waals surface area contributed by atoms with Crippen LogP contribution < -0.4 is 26.3 Å². The van der Waals surface area contributed by atoms with Gasteiger partial charge in [0.2, 0.25) is 11.8 Å². The van der Waals surface area contributed by atoms with Crippen molar-refractivity contribution in [3.8, 4) is 11.5 Å². The minimum absolute atomic E-state index is 0.0737. The fraction of sp³-hybridized carbons (Fsp3) is 0.743. The van der Waals surface area contributed by atoms with Crippen LogP contribution in [0.3, 0.4) is 0 Å². The molecule has 8 atom stereocenters. The molecule has 8 rings (SSSR count). The third kappa shape index (κ3) is 4.64. The average molecular weight is 655 g/mol. The molecule has 2 heterocycles. The largest absolute Gasteiger partial charge is 0.482 e. The maximum Gasteiger partial charge on any atom is 0.415 e. The van der Waals surface area contributed by atoms with E-state index in [9.17, 15) is 19.5 Å². The van der Waals surface area contributed by atoms with E-state index in [-0.39, 0.29) is 42.4 Å². The Bertz CT molecular complexity index is 1490. The number of hydrogen-bond donors (Lipinski definition) is 4. The summed E-state index contributed by atoms with van der Waals surface area (Å²) in [6.07, 6.45) is 6.14. The number of carbonyl (C=O) groups is 3. The van der Waals surface area contributed by atoms with E-state index in [1.165, 1.54) is 35.4 Å². The van der Waals surface area contributed by atoms with Gasteiger partial charge in [-0.2, -0.15) is 0 Å². The Morgan fingerprint density at radius 3 is 2.64 bits per heavy atom. The number of fused-ring (bicyclic) bond motifs is 2. The lowest BCUT2D eigenvalue weighted by Gasteiger charge is -2.75. The maximum atomic E-state index is 13.4. The zero-order chi connectivity index (χ0) is 33.7. The number of piperidine rings is 1. The van der Waals surface area contributed by atoms with Crippen molar-refractivity contribution in [1.82, 2.24) is 10.2 Å². The molecule has 7 aliphatic rings. The van der Waals surface area contributed by atoms with E-state index in [1.807, 2.05) is 19.9 Å². The lowest BCUT2D eigenvalue weighted by molar-refractivity contribution is -0.952. The van der Waals surface area contributed by atoms with Gasteiger partial charge >= 0.3 is 6.09 Å². The smallest absolute Gasteiger partial charge is 0.415 e. The highest BCUT2D eigenvalue weighted by atomic mass is 16.6. The summed E-state index contributed by atoms with van der Waals surface area (Å²) in [4.78, 5) is 38.0. The number of aliphatic hydroxyl groups is 1. The number of nitrogens with two attached hydrogens (primary N) is 2. The van der Waals surface area contributed by atoms with E-state index in [1.54, 1.807) is 14.2 Å². The molecular weight excluding hydrogens is 602 g/mol. The highest BCUT2D eigenvalue weighted by Gasteiger charge is 2.84. The summed E-state index contributed by atoms with van der Waals surface area (Å²) < 4.78 is 20.8. The number of ether oxygens (including phenoxy) is 3.